The van der Waals surface area contributed by atoms with Crippen molar-refractivity contribution in [1.29, 1.82) is 0 Å². The van der Waals surface area contributed by atoms with Crippen molar-refractivity contribution in [1.82, 2.24) is 9.97 Å². The van der Waals surface area contributed by atoms with Crippen LogP contribution in [-0.4, -0.2) is 21.4 Å². The third-order valence-electron chi connectivity index (χ3n) is 2.30. The van der Waals surface area contributed by atoms with Gasteiger partial charge in [-0.05, 0) is 31.2 Å². The Bertz CT molecular complexity index is 621. The molecule has 104 valence electrons. The van der Waals surface area contributed by atoms with Crippen LogP contribution in [0.2, 0.25) is 0 Å². The molecule has 20 heavy (non-hydrogen) atoms. The number of rotatable bonds is 5. The summed E-state index contributed by atoms with van der Waals surface area (Å²) in [5, 5.41) is 14.3. The molecule has 6 nitrogen and oxygen atoms in total. The van der Waals surface area contributed by atoms with Crippen LogP contribution in [0, 0.1) is 10.1 Å². The Hall–Kier alpha value is -1.67. The zero-order valence-electron chi connectivity index (χ0n) is 10.5. The summed E-state index contributed by atoms with van der Waals surface area (Å²) in [5.41, 5.74) is -0.0976. The number of nitrogens with zero attached hydrogens (tertiary/aromatic N) is 3. The molecule has 0 amide bonds. The Morgan fingerprint density at radius 3 is 2.70 bits per heavy atom. The van der Waals surface area contributed by atoms with Crippen LogP contribution in [0.25, 0.3) is 0 Å². The van der Waals surface area contributed by atoms with Crippen molar-refractivity contribution in [3.63, 3.8) is 0 Å². The quantitative estimate of drug-likeness (QED) is 0.500. The molecule has 0 spiro atoms. The highest BCUT2D eigenvalue weighted by Gasteiger charge is 2.18. The van der Waals surface area contributed by atoms with Gasteiger partial charge in [0.15, 0.2) is 5.03 Å². The molecule has 0 bridgehead atoms. The van der Waals surface area contributed by atoms with Crippen LogP contribution in [0.3, 0.4) is 0 Å². The van der Waals surface area contributed by atoms with E-state index in [1.165, 1.54) is 18.0 Å². The molecule has 0 radical (unpaired) electrons. The molecular formula is C12H11BrN4O2S. The molecular weight excluding hydrogens is 344 g/mol. The van der Waals surface area contributed by atoms with Crippen molar-refractivity contribution in [3.05, 3.63) is 45.0 Å². The predicted octanol–water partition coefficient (Wildman–Crippen LogP) is 3.73. The molecule has 0 aliphatic rings. The molecule has 2 aromatic rings. The number of halogens is 1. The molecule has 1 aromatic heterocycles. The minimum Gasteiger partial charge on any atom is -0.354 e. The number of nitro groups is 1. The average molecular weight is 355 g/mol. The van der Waals surface area contributed by atoms with E-state index in [2.05, 4.69) is 31.2 Å². The van der Waals surface area contributed by atoms with Gasteiger partial charge in [0.2, 0.25) is 5.95 Å². The van der Waals surface area contributed by atoms with Gasteiger partial charge in [-0.1, -0.05) is 27.7 Å². The largest absolute Gasteiger partial charge is 0.354 e. The third kappa shape index (κ3) is 3.67. The van der Waals surface area contributed by atoms with Crippen molar-refractivity contribution < 1.29 is 4.92 Å². The summed E-state index contributed by atoms with van der Waals surface area (Å²) < 4.78 is 0.951. The SMILES string of the molecule is CCNc1ncc([N+](=O)[O-])c(Sc2ccc(Br)cc2)n1. The summed E-state index contributed by atoms with van der Waals surface area (Å²) in [6, 6.07) is 7.49. The second-order valence-electron chi connectivity index (χ2n) is 3.73. The van der Waals surface area contributed by atoms with Crippen molar-refractivity contribution >= 4 is 39.3 Å². The monoisotopic (exact) mass is 354 g/mol. The van der Waals surface area contributed by atoms with Crippen molar-refractivity contribution in [2.45, 2.75) is 16.8 Å². The standard InChI is InChI=1S/C12H11BrN4O2S/c1-2-14-12-15-7-10(17(18)19)11(16-12)20-9-5-3-8(13)4-6-9/h3-7H,2H2,1H3,(H,14,15,16). The Morgan fingerprint density at radius 1 is 1.40 bits per heavy atom. The zero-order chi connectivity index (χ0) is 14.5. The van der Waals surface area contributed by atoms with Crippen LogP contribution in [0.5, 0.6) is 0 Å². The van der Waals surface area contributed by atoms with Gasteiger partial charge in [0.05, 0.1) is 4.92 Å². The molecule has 0 aliphatic heterocycles. The first-order valence-electron chi connectivity index (χ1n) is 5.79. The first-order valence-corrected chi connectivity index (χ1v) is 7.40. The van der Waals surface area contributed by atoms with E-state index in [0.29, 0.717) is 17.5 Å². The van der Waals surface area contributed by atoms with E-state index in [1.807, 2.05) is 31.2 Å². The third-order valence-corrected chi connectivity index (χ3v) is 3.83. The van der Waals surface area contributed by atoms with Gasteiger partial charge in [-0.3, -0.25) is 10.1 Å². The van der Waals surface area contributed by atoms with Gasteiger partial charge >= 0.3 is 5.69 Å². The number of anilines is 1. The number of hydrogen-bond acceptors (Lipinski definition) is 6. The van der Waals surface area contributed by atoms with Gasteiger partial charge in [0.1, 0.15) is 6.20 Å². The van der Waals surface area contributed by atoms with Crippen LogP contribution in [0.4, 0.5) is 11.6 Å². The van der Waals surface area contributed by atoms with Crippen LogP contribution < -0.4 is 5.32 Å². The van der Waals surface area contributed by atoms with E-state index in [4.69, 9.17) is 0 Å². The number of nitrogens with one attached hydrogen (secondary N) is 1. The van der Waals surface area contributed by atoms with Crippen LogP contribution in [0.15, 0.2) is 44.9 Å². The first kappa shape index (κ1) is 14.7. The van der Waals surface area contributed by atoms with Gasteiger partial charge in [-0.25, -0.2) is 4.98 Å². The lowest BCUT2D eigenvalue weighted by Crippen LogP contribution is -2.04. The normalized spacial score (nSPS) is 10.3. The Labute approximate surface area is 128 Å². The number of benzene rings is 1. The lowest BCUT2D eigenvalue weighted by Gasteiger charge is -2.05. The van der Waals surface area contributed by atoms with E-state index in [1.54, 1.807) is 0 Å². The molecule has 8 heteroatoms. The van der Waals surface area contributed by atoms with Crippen LogP contribution in [-0.2, 0) is 0 Å². The predicted molar refractivity (Wildman–Crippen MR) is 81.1 cm³/mol. The second-order valence-corrected chi connectivity index (χ2v) is 5.71. The van der Waals surface area contributed by atoms with E-state index < -0.39 is 4.92 Å². The second kappa shape index (κ2) is 6.67. The average Bonchev–Trinajstić information content (AvgIpc) is 2.42. The molecule has 1 N–H and O–H groups in total. The van der Waals surface area contributed by atoms with E-state index in [9.17, 15) is 10.1 Å². The fourth-order valence-corrected chi connectivity index (χ4v) is 2.54. The van der Waals surface area contributed by atoms with Crippen LogP contribution >= 0.6 is 27.7 Å². The van der Waals surface area contributed by atoms with Crippen molar-refractivity contribution in [3.8, 4) is 0 Å². The van der Waals surface area contributed by atoms with Gasteiger partial charge in [-0.15, -0.1) is 0 Å². The number of hydrogen-bond donors (Lipinski definition) is 1. The van der Waals surface area contributed by atoms with E-state index in [-0.39, 0.29) is 5.69 Å². The molecule has 0 aliphatic carbocycles. The molecule has 1 aromatic carbocycles. The van der Waals surface area contributed by atoms with E-state index >= 15 is 0 Å². The van der Waals surface area contributed by atoms with Gasteiger partial charge < -0.3 is 5.32 Å². The summed E-state index contributed by atoms with van der Waals surface area (Å²) in [5.74, 6) is 0.387. The first-order chi connectivity index (χ1) is 9.60. The highest BCUT2D eigenvalue weighted by molar-refractivity contribution is 9.10. The summed E-state index contributed by atoms with van der Waals surface area (Å²) in [4.78, 5) is 19.5. The Balaban J connectivity index is 2.34. The van der Waals surface area contributed by atoms with Gasteiger partial charge in [-0.2, -0.15) is 4.98 Å². The minimum atomic E-state index is -0.475. The maximum atomic E-state index is 11.0. The molecule has 0 saturated heterocycles. The molecule has 2 rings (SSSR count). The summed E-state index contributed by atoms with van der Waals surface area (Å²) in [6.07, 6.45) is 1.23. The zero-order valence-corrected chi connectivity index (χ0v) is 12.9. The topological polar surface area (TPSA) is 81.0 Å². The highest BCUT2D eigenvalue weighted by atomic mass is 79.9. The molecule has 0 unspecified atom stereocenters. The van der Waals surface area contributed by atoms with Gasteiger partial charge in [0, 0.05) is 15.9 Å². The van der Waals surface area contributed by atoms with Gasteiger partial charge in [0.25, 0.3) is 0 Å². The molecule has 1 heterocycles. The smallest absolute Gasteiger partial charge is 0.320 e. The van der Waals surface area contributed by atoms with E-state index in [0.717, 1.165) is 9.37 Å². The fraction of sp³-hybridized carbons (Fsp3) is 0.167. The lowest BCUT2D eigenvalue weighted by atomic mass is 10.4. The summed E-state index contributed by atoms with van der Waals surface area (Å²) in [6.45, 7) is 2.56. The summed E-state index contributed by atoms with van der Waals surface area (Å²) in [7, 11) is 0. The Morgan fingerprint density at radius 2 is 2.10 bits per heavy atom. The summed E-state index contributed by atoms with van der Waals surface area (Å²) >= 11 is 4.59. The van der Waals surface area contributed by atoms with Crippen molar-refractivity contribution in [2.75, 3.05) is 11.9 Å². The Kier molecular flexibility index (Phi) is 4.91. The van der Waals surface area contributed by atoms with Crippen molar-refractivity contribution in [2.24, 2.45) is 0 Å². The molecule has 0 saturated carbocycles. The maximum absolute atomic E-state index is 11.0. The highest BCUT2D eigenvalue weighted by Crippen LogP contribution is 2.33. The number of aromatic nitrogens is 2. The molecule has 0 fully saturated rings. The minimum absolute atomic E-state index is 0.0976. The lowest BCUT2D eigenvalue weighted by molar-refractivity contribution is -0.388. The maximum Gasteiger partial charge on any atom is 0.320 e. The molecule has 0 atom stereocenters. The fourth-order valence-electron chi connectivity index (χ4n) is 1.42. The van der Waals surface area contributed by atoms with Crippen LogP contribution in [0.1, 0.15) is 6.92 Å².